The molecule has 0 aromatic heterocycles. The zero-order valence-corrected chi connectivity index (χ0v) is 14.9. The van der Waals surface area contributed by atoms with Crippen molar-refractivity contribution in [2.75, 3.05) is 13.1 Å². The standard InChI is InChI=1S/C20H18N2O3S/c23-18(14-16-9-5-2-6-10-16)21-11-12-22-19(24)17(26-20(22)25)13-15-7-3-1-4-8-15/h1-10,13H,11-12,14H2,(H,21,23). The first-order valence-electron chi connectivity index (χ1n) is 8.24. The van der Waals surface area contributed by atoms with Crippen LogP contribution in [0.3, 0.4) is 0 Å². The monoisotopic (exact) mass is 366 g/mol. The number of rotatable bonds is 6. The summed E-state index contributed by atoms with van der Waals surface area (Å²) in [6.45, 7) is 0.402. The number of thioether (sulfide) groups is 1. The van der Waals surface area contributed by atoms with Gasteiger partial charge in [0.1, 0.15) is 0 Å². The second-order valence-corrected chi connectivity index (χ2v) is 6.75. The number of benzene rings is 2. The van der Waals surface area contributed by atoms with Gasteiger partial charge in [-0.05, 0) is 29.0 Å². The third-order valence-electron chi connectivity index (χ3n) is 3.84. The molecule has 0 bridgehead atoms. The number of amides is 3. The average Bonchev–Trinajstić information content (AvgIpc) is 2.91. The van der Waals surface area contributed by atoms with Crippen LogP contribution in [-0.4, -0.2) is 35.0 Å². The van der Waals surface area contributed by atoms with Crippen LogP contribution in [0, 0.1) is 0 Å². The average molecular weight is 366 g/mol. The van der Waals surface area contributed by atoms with Crippen molar-refractivity contribution >= 4 is 34.9 Å². The zero-order chi connectivity index (χ0) is 18.4. The van der Waals surface area contributed by atoms with Gasteiger partial charge in [-0.25, -0.2) is 0 Å². The SMILES string of the molecule is O=C(Cc1ccccc1)NCCN1C(=O)SC(=Cc2ccccc2)C1=O. The Balaban J connectivity index is 1.52. The van der Waals surface area contributed by atoms with E-state index >= 15 is 0 Å². The van der Waals surface area contributed by atoms with E-state index in [9.17, 15) is 14.4 Å². The second-order valence-electron chi connectivity index (χ2n) is 5.76. The Bertz CT molecular complexity index is 835. The Morgan fingerprint density at radius 2 is 1.65 bits per heavy atom. The van der Waals surface area contributed by atoms with Gasteiger partial charge in [0, 0.05) is 13.1 Å². The lowest BCUT2D eigenvalue weighted by Crippen LogP contribution is -2.37. The van der Waals surface area contributed by atoms with Crippen molar-refractivity contribution in [3.63, 3.8) is 0 Å². The molecule has 1 heterocycles. The molecule has 0 atom stereocenters. The number of imide groups is 1. The quantitative estimate of drug-likeness (QED) is 0.798. The Labute approximate surface area is 156 Å². The molecule has 0 spiro atoms. The first kappa shape index (κ1) is 17.9. The predicted molar refractivity (Wildman–Crippen MR) is 102 cm³/mol. The summed E-state index contributed by atoms with van der Waals surface area (Å²) >= 11 is 0.924. The van der Waals surface area contributed by atoms with Crippen molar-refractivity contribution in [1.29, 1.82) is 0 Å². The van der Waals surface area contributed by atoms with Gasteiger partial charge in [0.25, 0.3) is 11.1 Å². The number of hydrogen-bond donors (Lipinski definition) is 1. The summed E-state index contributed by atoms with van der Waals surface area (Å²) in [7, 11) is 0. The number of carbonyl (C=O) groups excluding carboxylic acids is 3. The van der Waals surface area contributed by atoms with Crippen molar-refractivity contribution in [2.45, 2.75) is 6.42 Å². The summed E-state index contributed by atoms with van der Waals surface area (Å²) in [5.41, 5.74) is 1.79. The summed E-state index contributed by atoms with van der Waals surface area (Å²) in [6, 6.07) is 18.8. The van der Waals surface area contributed by atoms with E-state index < -0.39 is 0 Å². The minimum atomic E-state index is -0.318. The fourth-order valence-electron chi connectivity index (χ4n) is 2.54. The van der Waals surface area contributed by atoms with E-state index in [1.165, 1.54) is 4.90 Å². The van der Waals surface area contributed by atoms with Crippen LogP contribution in [-0.2, 0) is 16.0 Å². The van der Waals surface area contributed by atoms with Crippen LogP contribution < -0.4 is 5.32 Å². The number of nitrogens with zero attached hydrogens (tertiary/aromatic N) is 1. The highest BCUT2D eigenvalue weighted by molar-refractivity contribution is 8.18. The highest BCUT2D eigenvalue weighted by Crippen LogP contribution is 2.31. The summed E-state index contributed by atoms with van der Waals surface area (Å²) in [6.07, 6.45) is 1.98. The topological polar surface area (TPSA) is 66.5 Å². The maximum atomic E-state index is 12.4. The Hall–Kier alpha value is -2.86. The van der Waals surface area contributed by atoms with Crippen molar-refractivity contribution < 1.29 is 14.4 Å². The smallest absolute Gasteiger partial charge is 0.293 e. The van der Waals surface area contributed by atoms with Crippen LogP contribution in [0.1, 0.15) is 11.1 Å². The molecule has 0 aliphatic carbocycles. The molecule has 2 aromatic carbocycles. The molecule has 1 aliphatic heterocycles. The van der Waals surface area contributed by atoms with Gasteiger partial charge < -0.3 is 5.32 Å². The first-order valence-corrected chi connectivity index (χ1v) is 9.06. The first-order chi connectivity index (χ1) is 12.6. The van der Waals surface area contributed by atoms with Crippen LogP contribution in [0.5, 0.6) is 0 Å². The lowest BCUT2D eigenvalue weighted by Gasteiger charge is -2.13. The Kier molecular flexibility index (Phi) is 5.86. The molecule has 1 fully saturated rings. The second kappa shape index (κ2) is 8.49. The predicted octanol–water partition coefficient (Wildman–Crippen LogP) is 3.08. The lowest BCUT2D eigenvalue weighted by molar-refractivity contribution is -0.124. The molecule has 3 rings (SSSR count). The molecule has 0 radical (unpaired) electrons. The molecule has 1 aliphatic rings. The van der Waals surface area contributed by atoms with E-state index in [2.05, 4.69) is 5.32 Å². The van der Waals surface area contributed by atoms with Crippen LogP contribution in [0.25, 0.3) is 6.08 Å². The molecule has 0 saturated carbocycles. The van der Waals surface area contributed by atoms with E-state index in [-0.39, 0.29) is 36.6 Å². The van der Waals surface area contributed by atoms with E-state index in [0.717, 1.165) is 22.9 Å². The highest BCUT2D eigenvalue weighted by Gasteiger charge is 2.34. The summed E-state index contributed by atoms with van der Waals surface area (Å²) in [5, 5.41) is 2.44. The fraction of sp³-hybridized carbons (Fsp3) is 0.150. The molecular formula is C20H18N2O3S. The molecule has 5 nitrogen and oxygen atoms in total. The van der Waals surface area contributed by atoms with Gasteiger partial charge in [0.05, 0.1) is 11.3 Å². The molecule has 0 unspecified atom stereocenters. The van der Waals surface area contributed by atoms with Crippen LogP contribution in [0.15, 0.2) is 65.6 Å². The minimum absolute atomic E-state index is 0.136. The Morgan fingerprint density at radius 1 is 1.00 bits per heavy atom. The third-order valence-corrected chi connectivity index (χ3v) is 4.74. The fourth-order valence-corrected chi connectivity index (χ4v) is 3.41. The number of hydrogen-bond acceptors (Lipinski definition) is 4. The van der Waals surface area contributed by atoms with Crippen LogP contribution in [0.4, 0.5) is 4.79 Å². The summed E-state index contributed by atoms with van der Waals surface area (Å²) < 4.78 is 0. The van der Waals surface area contributed by atoms with Gasteiger partial charge in [-0.1, -0.05) is 60.7 Å². The number of carbonyl (C=O) groups is 3. The molecular weight excluding hydrogens is 348 g/mol. The van der Waals surface area contributed by atoms with Crippen molar-refractivity contribution in [2.24, 2.45) is 0 Å². The molecule has 1 saturated heterocycles. The summed E-state index contributed by atoms with van der Waals surface area (Å²) in [4.78, 5) is 38.0. The highest BCUT2D eigenvalue weighted by atomic mass is 32.2. The zero-order valence-electron chi connectivity index (χ0n) is 14.1. The molecule has 3 amide bonds. The van der Waals surface area contributed by atoms with Gasteiger partial charge >= 0.3 is 0 Å². The van der Waals surface area contributed by atoms with Gasteiger partial charge in [-0.15, -0.1) is 0 Å². The van der Waals surface area contributed by atoms with E-state index in [4.69, 9.17) is 0 Å². The van der Waals surface area contributed by atoms with Gasteiger partial charge in [0.15, 0.2) is 0 Å². The van der Waals surface area contributed by atoms with Crippen LogP contribution >= 0.6 is 11.8 Å². The van der Waals surface area contributed by atoms with E-state index in [1.54, 1.807) is 6.08 Å². The molecule has 26 heavy (non-hydrogen) atoms. The lowest BCUT2D eigenvalue weighted by atomic mass is 10.1. The van der Waals surface area contributed by atoms with Crippen molar-refractivity contribution in [3.05, 3.63) is 76.7 Å². The Morgan fingerprint density at radius 3 is 2.35 bits per heavy atom. The third kappa shape index (κ3) is 4.61. The van der Waals surface area contributed by atoms with Gasteiger partial charge in [-0.2, -0.15) is 0 Å². The largest absolute Gasteiger partial charge is 0.354 e. The molecule has 6 heteroatoms. The van der Waals surface area contributed by atoms with E-state index in [0.29, 0.717) is 4.91 Å². The molecule has 2 aromatic rings. The minimum Gasteiger partial charge on any atom is -0.354 e. The normalized spacial score (nSPS) is 15.5. The molecule has 1 N–H and O–H groups in total. The van der Waals surface area contributed by atoms with Crippen molar-refractivity contribution in [3.8, 4) is 0 Å². The maximum Gasteiger partial charge on any atom is 0.293 e. The van der Waals surface area contributed by atoms with Crippen molar-refractivity contribution in [1.82, 2.24) is 10.2 Å². The van der Waals surface area contributed by atoms with E-state index in [1.807, 2.05) is 60.7 Å². The summed E-state index contributed by atoms with van der Waals surface area (Å²) in [5.74, 6) is -0.454. The number of nitrogens with one attached hydrogen (secondary N) is 1. The molecule has 132 valence electrons. The van der Waals surface area contributed by atoms with Gasteiger partial charge in [0.2, 0.25) is 5.91 Å². The van der Waals surface area contributed by atoms with Crippen LogP contribution in [0.2, 0.25) is 0 Å². The van der Waals surface area contributed by atoms with Gasteiger partial charge in [-0.3, -0.25) is 19.3 Å². The maximum absolute atomic E-state index is 12.4.